The zero-order chi connectivity index (χ0) is 21.0. The summed E-state index contributed by atoms with van der Waals surface area (Å²) in [6.07, 6.45) is 5.77. The van der Waals surface area contributed by atoms with E-state index in [0.29, 0.717) is 39.1 Å². The van der Waals surface area contributed by atoms with Crippen molar-refractivity contribution >= 4 is 11.8 Å². The fourth-order valence-electron chi connectivity index (χ4n) is 4.65. The maximum absolute atomic E-state index is 13.4. The van der Waals surface area contributed by atoms with Crippen molar-refractivity contribution in [2.24, 2.45) is 11.8 Å². The Kier molecular flexibility index (Phi) is 6.91. The minimum absolute atomic E-state index is 0.0611. The third kappa shape index (κ3) is 4.78. The lowest BCUT2D eigenvalue weighted by molar-refractivity contribution is -0.220. The Labute approximate surface area is 173 Å². The highest BCUT2D eigenvalue weighted by Crippen LogP contribution is 2.45. The first-order valence-electron chi connectivity index (χ1n) is 10.6. The summed E-state index contributed by atoms with van der Waals surface area (Å²) in [6.45, 7) is 9.16. The Morgan fingerprint density at radius 3 is 2.34 bits per heavy atom. The maximum atomic E-state index is 13.4. The lowest BCUT2D eigenvalue weighted by atomic mass is 9.85. The first kappa shape index (κ1) is 21.7. The molecule has 1 heterocycles. The second-order valence-corrected chi connectivity index (χ2v) is 8.09. The average molecular weight is 401 g/mol. The summed E-state index contributed by atoms with van der Waals surface area (Å²) < 4.78 is 17.2. The van der Waals surface area contributed by atoms with Crippen LogP contribution in [-0.2, 0) is 36.6 Å². The standard InChI is InChI=1S/C24H32O5/c1-5-18-12-16(3)11-17(4)19(18)13-22(25)20-14-24(28-9-7-8-10-29-24)15-21(20)23(26)27-6-2/h7-8,11-12,20-21H,5-6,9-10,13-15H2,1-4H3/t20-,21-/m1/s1. The molecule has 0 aromatic heterocycles. The summed E-state index contributed by atoms with van der Waals surface area (Å²) in [6, 6.07) is 4.27. The van der Waals surface area contributed by atoms with Crippen molar-refractivity contribution in [3.05, 3.63) is 46.5 Å². The first-order chi connectivity index (χ1) is 13.9. The van der Waals surface area contributed by atoms with Crippen molar-refractivity contribution < 1.29 is 23.8 Å². The van der Waals surface area contributed by atoms with Crippen LogP contribution in [0.25, 0.3) is 0 Å². The third-order valence-electron chi connectivity index (χ3n) is 6.04. The molecule has 1 fully saturated rings. The summed E-state index contributed by atoms with van der Waals surface area (Å²) in [5, 5.41) is 0. The second kappa shape index (κ2) is 9.23. The number of aryl methyl sites for hydroxylation is 3. The van der Waals surface area contributed by atoms with Crippen molar-refractivity contribution in [1.82, 2.24) is 0 Å². The molecule has 29 heavy (non-hydrogen) atoms. The number of carbonyl (C=O) groups excluding carboxylic acids is 2. The molecule has 0 amide bonds. The number of benzene rings is 1. The van der Waals surface area contributed by atoms with E-state index in [0.717, 1.165) is 17.5 Å². The quantitative estimate of drug-likeness (QED) is 0.536. The van der Waals surface area contributed by atoms with Crippen molar-refractivity contribution in [3.63, 3.8) is 0 Å². The second-order valence-electron chi connectivity index (χ2n) is 8.09. The molecule has 1 aromatic carbocycles. The molecule has 2 aliphatic rings. The van der Waals surface area contributed by atoms with Crippen LogP contribution in [-0.4, -0.2) is 37.4 Å². The molecular weight excluding hydrogens is 368 g/mol. The highest BCUT2D eigenvalue weighted by Gasteiger charge is 2.53. The Morgan fingerprint density at radius 2 is 1.72 bits per heavy atom. The van der Waals surface area contributed by atoms with Gasteiger partial charge < -0.3 is 14.2 Å². The SMILES string of the molecule is CCOC(=O)[C@@H]1CC2(C[C@H]1C(=O)Cc1c(C)cc(C)cc1CC)OCC=CCO2. The van der Waals surface area contributed by atoms with E-state index in [1.165, 1.54) is 11.1 Å². The predicted molar refractivity (Wildman–Crippen MR) is 111 cm³/mol. The molecule has 0 N–H and O–H groups in total. The van der Waals surface area contributed by atoms with Crippen LogP contribution in [0, 0.1) is 25.7 Å². The van der Waals surface area contributed by atoms with E-state index in [1.54, 1.807) is 6.92 Å². The number of esters is 1. The van der Waals surface area contributed by atoms with Gasteiger partial charge in [0.25, 0.3) is 0 Å². The third-order valence-corrected chi connectivity index (χ3v) is 6.04. The van der Waals surface area contributed by atoms with E-state index in [-0.39, 0.29) is 11.8 Å². The van der Waals surface area contributed by atoms with Crippen LogP contribution in [0.2, 0.25) is 0 Å². The van der Waals surface area contributed by atoms with Gasteiger partial charge in [0, 0.05) is 25.2 Å². The van der Waals surface area contributed by atoms with Gasteiger partial charge in [0.15, 0.2) is 5.79 Å². The number of Topliss-reactive ketones (excluding diaryl/α,β-unsaturated/α-hetero) is 1. The largest absolute Gasteiger partial charge is 0.466 e. The molecular formula is C24H32O5. The molecule has 0 bridgehead atoms. The smallest absolute Gasteiger partial charge is 0.309 e. The molecule has 0 saturated heterocycles. The lowest BCUT2D eigenvalue weighted by Crippen LogP contribution is -2.33. The van der Waals surface area contributed by atoms with Crippen LogP contribution in [0.3, 0.4) is 0 Å². The van der Waals surface area contributed by atoms with Crippen LogP contribution >= 0.6 is 0 Å². The van der Waals surface area contributed by atoms with Crippen LogP contribution in [0.5, 0.6) is 0 Å². The van der Waals surface area contributed by atoms with Crippen LogP contribution in [0.4, 0.5) is 0 Å². The molecule has 158 valence electrons. The Balaban J connectivity index is 1.86. The van der Waals surface area contributed by atoms with Gasteiger partial charge in [0.05, 0.1) is 25.7 Å². The minimum Gasteiger partial charge on any atom is -0.466 e. The van der Waals surface area contributed by atoms with E-state index in [1.807, 2.05) is 12.2 Å². The molecule has 1 aliphatic carbocycles. The normalized spacial score (nSPS) is 23.2. The van der Waals surface area contributed by atoms with E-state index >= 15 is 0 Å². The van der Waals surface area contributed by atoms with Gasteiger partial charge in [-0.1, -0.05) is 36.8 Å². The van der Waals surface area contributed by atoms with Gasteiger partial charge in [0.2, 0.25) is 0 Å². The lowest BCUT2D eigenvalue weighted by Gasteiger charge is -2.27. The van der Waals surface area contributed by atoms with E-state index in [9.17, 15) is 9.59 Å². The Hall–Kier alpha value is -1.98. The minimum atomic E-state index is -0.892. The summed E-state index contributed by atoms with van der Waals surface area (Å²) >= 11 is 0. The molecule has 0 radical (unpaired) electrons. The average Bonchev–Trinajstić information content (AvgIpc) is 2.91. The van der Waals surface area contributed by atoms with Gasteiger partial charge >= 0.3 is 5.97 Å². The maximum Gasteiger partial charge on any atom is 0.309 e. The first-order valence-corrected chi connectivity index (χ1v) is 10.6. The van der Waals surface area contributed by atoms with Gasteiger partial charge in [-0.25, -0.2) is 0 Å². The fraction of sp³-hybridized carbons (Fsp3) is 0.583. The zero-order valence-corrected chi connectivity index (χ0v) is 18.0. The number of carbonyl (C=O) groups is 2. The van der Waals surface area contributed by atoms with Crippen molar-refractivity contribution in [1.29, 1.82) is 0 Å². The molecule has 5 nitrogen and oxygen atoms in total. The fourth-order valence-corrected chi connectivity index (χ4v) is 4.65. The molecule has 0 unspecified atom stereocenters. The number of hydrogen-bond acceptors (Lipinski definition) is 5. The van der Waals surface area contributed by atoms with Crippen LogP contribution in [0.1, 0.15) is 48.9 Å². The van der Waals surface area contributed by atoms with Gasteiger partial charge in [0.1, 0.15) is 5.78 Å². The molecule has 1 spiro atoms. The molecule has 5 heteroatoms. The predicted octanol–water partition coefficient (Wildman–Crippen LogP) is 3.87. The summed E-state index contributed by atoms with van der Waals surface area (Å²) in [5.41, 5.74) is 4.60. The van der Waals surface area contributed by atoms with Crippen molar-refractivity contribution in [3.8, 4) is 0 Å². The molecule has 1 aromatic rings. The summed E-state index contributed by atoms with van der Waals surface area (Å²) in [7, 11) is 0. The molecule has 2 atom stereocenters. The zero-order valence-electron chi connectivity index (χ0n) is 18.0. The summed E-state index contributed by atoms with van der Waals surface area (Å²) in [5.74, 6) is -2.15. The highest BCUT2D eigenvalue weighted by atomic mass is 16.7. The molecule has 1 aliphatic heterocycles. The van der Waals surface area contributed by atoms with Gasteiger partial charge in [-0.15, -0.1) is 0 Å². The number of ether oxygens (including phenoxy) is 3. The van der Waals surface area contributed by atoms with Gasteiger partial charge in [-0.05, 0) is 43.9 Å². The Bertz CT molecular complexity index is 785. The highest BCUT2D eigenvalue weighted by molar-refractivity contribution is 5.89. The van der Waals surface area contributed by atoms with E-state index < -0.39 is 17.6 Å². The van der Waals surface area contributed by atoms with Crippen LogP contribution < -0.4 is 0 Å². The topological polar surface area (TPSA) is 61.8 Å². The monoisotopic (exact) mass is 400 g/mol. The van der Waals surface area contributed by atoms with Crippen LogP contribution in [0.15, 0.2) is 24.3 Å². The molecule has 1 saturated carbocycles. The van der Waals surface area contributed by atoms with Gasteiger partial charge in [-0.3, -0.25) is 9.59 Å². The number of ketones is 1. The summed E-state index contributed by atoms with van der Waals surface area (Å²) in [4.78, 5) is 26.1. The molecule has 3 rings (SSSR count). The van der Waals surface area contributed by atoms with E-state index in [2.05, 4.69) is 32.9 Å². The van der Waals surface area contributed by atoms with E-state index in [4.69, 9.17) is 14.2 Å². The number of hydrogen-bond donors (Lipinski definition) is 0. The Morgan fingerprint density at radius 1 is 1.07 bits per heavy atom. The van der Waals surface area contributed by atoms with Gasteiger partial charge in [-0.2, -0.15) is 0 Å². The number of rotatable bonds is 6. The van der Waals surface area contributed by atoms with Crippen molar-refractivity contribution in [2.75, 3.05) is 19.8 Å². The van der Waals surface area contributed by atoms with Crippen molar-refractivity contribution in [2.45, 2.75) is 59.2 Å².